The summed E-state index contributed by atoms with van der Waals surface area (Å²) in [5, 5.41) is 0. The normalized spacial score (nSPS) is 26.0. The number of nitrogens with zero attached hydrogens (tertiary/aromatic N) is 1. The van der Waals surface area contributed by atoms with Crippen LogP contribution in [0.1, 0.15) is 64.2 Å². The third kappa shape index (κ3) is 3.48. The Morgan fingerprint density at radius 3 is 1.93 bits per heavy atom. The van der Waals surface area contributed by atoms with Crippen LogP contribution in [0.4, 0.5) is 0 Å². The fourth-order valence-corrected chi connectivity index (χ4v) is 3.45. The van der Waals surface area contributed by atoms with Gasteiger partial charge in [-0.1, -0.05) is 38.5 Å². The molecule has 0 aromatic rings. The molecule has 0 aliphatic heterocycles. The summed E-state index contributed by atoms with van der Waals surface area (Å²) in [6.45, 7) is 1.38. The second kappa shape index (κ2) is 5.89. The van der Waals surface area contributed by atoms with Gasteiger partial charge in [-0.15, -0.1) is 0 Å². The summed E-state index contributed by atoms with van der Waals surface area (Å²) in [5.41, 5.74) is 0. The first-order valence-electron chi connectivity index (χ1n) is 7.06. The van der Waals surface area contributed by atoms with E-state index in [2.05, 4.69) is 11.9 Å². The van der Waals surface area contributed by atoms with Gasteiger partial charge in [0, 0.05) is 12.6 Å². The SMILES string of the molecule is CN(CC1CCCCC1)C1CCCCC1. The molecule has 0 amide bonds. The summed E-state index contributed by atoms with van der Waals surface area (Å²) in [5.74, 6) is 1.02. The summed E-state index contributed by atoms with van der Waals surface area (Å²) in [6, 6.07) is 0.917. The molecule has 15 heavy (non-hydrogen) atoms. The molecule has 0 atom stereocenters. The molecule has 0 radical (unpaired) electrons. The van der Waals surface area contributed by atoms with Crippen molar-refractivity contribution in [3.63, 3.8) is 0 Å². The van der Waals surface area contributed by atoms with Gasteiger partial charge in [-0.3, -0.25) is 0 Å². The maximum Gasteiger partial charge on any atom is 0.00923 e. The van der Waals surface area contributed by atoms with Gasteiger partial charge in [-0.25, -0.2) is 0 Å². The predicted molar refractivity (Wildman–Crippen MR) is 66.1 cm³/mol. The molecule has 1 heteroatoms. The van der Waals surface area contributed by atoms with Crippen molar-refractivity contribution in [2.75, 3.05) is 13.6 Å². The van der Waals surface area contributed by atoms with Crippen molar-refractivity contribution >= 4 is 0 Å². The molecule has 88 valence electrons. The van der Waals surface area contributed by atoms with Crippen LogP contribution < -0.4 is 0 Å². The van der Waals surface area contributed by atoms with Crippen molar-refractivity contribution in [1.29, 1.82) is 0 Å². The summed E-state index contributed by atoms with van der Waals surface area (Å²) in [4.78, 5) is 2.68. The van der Waals surface area contributed by atoms with Crippen molar-refractivity contribution in [3.05, 3.63) is 0 Å². The minimum Gasteiger partial charge on any atom is -0.303 e. The molecular formula is C14H27N. The Hall–Kier alpha value is -0.0400. The number of rotatable bonds is 3. The summed E-state index contributed by atoms with van der Waals surface area (Å²) >= 11 is 0. The van der Waals surface area contributed by atoms with Crippen LogP contribution in [0.15, 0.2) is 0 Å². The largest absolute Gasteiger partial charge is 0.303 e. The quantitative estimate of drug-likeness (QED) is 0.683. The second-order valence-corrected chi connectivity index (χ2v) is 5.74. The lowest BCUT2D eigenvalue weighted by atomic mass is 9.87. The van der Waals surface area contributed by atoms with E-state index in [-0.39, 0.29) is 0 Å². The second-order valence-electron chi connectivity index (χ2n) is 5.74. The van der Waals surface area contributed by atoms with Gasteiger partial charge in [-0.2, -0.15) is 0 Å². The van der Waals surface area contributed by atoms with E-state index in [4.69, 9.17) is 0 Å². The van der Waals surface area contributed by atoms with E-state index < -0.39 is 0 Å². The van der Waals surface area contributed by atoms with Gasteiger partial charge in [0.25, 0.3) is 0 Å². The van der Waals surface area contributed by atoms with Crippen molar-refractivity contribution in [2.45, 2.75) is 70.3 Å². The molecule has 0 aromatic heterocycles. The van der Waals surface area contributed by atoms with E-state index in [0.717, 1.165) is 12.0 Å². The molecule has 2 aliphatic rings. The van der Waals surface area contributed by atoms with E-state index in [1.165, 1.54) is 70.8 Å². The van der Waals surface area contributed by atoms with Crippen molar-refractivity contribution in [2.24, 2.45) is 5.92 Å². The highest BCUT2D eigenvalue weighted by atomic mass is 15.1. The van der Waals surface area contributed by atoms with E-state index in [1.54, 1.807) is 0 Å². The molecular weight excluding hydrogens is 182 g/mol. The Labute approximate surface area is 95.2 Å². The standard InChI is InChI=1S/C14H27N/c1-15(14-10-6-3-7-11-14)12-13-8-4-2-5-9-13/h13-14H,2-12H2,1H3. The molecule has 1 nitrogen and oxygen atoms in total. The first-order chi connectivity index (χ1) is 7.36. The van der Waals surface area contributed by atoms with Gasteiger partial charge in [0.2, 0.25) is 0 Å². The van der Waals surface area contributed by atoms with Gasteiger partial charge in [0.15, 0.2) is 0 Å². The molecule has 2 fully saturated rings. The molecule has 2 saturated carbocycles. The Kier molecular flexibility index (Phi) is 4.49. The molecule has 0 aromatic carbocycles. The molecule has 0 N–H and O–H groups in total. The zero-order chi connectivity index (χ0) is 10.5. The van der Waals surface area contributed by atoms with E-state index >= 15 is 0 Å². The molecule has 2 rings (SSSR count). The Bertz CT molecular complexity index is 166. The van der Waals surface area contributed by atoms with E-state index in [1.807, 2.05) is 0 Å². The molecule has 0 bridgehead atoms. The zero-order valence-corrected chi connectivity index (χ0v) is 10.4. The first kappa shape index (κ1) is 11.4. The fraction of sp³-hybridized carbons (Fsp3) is 1.00. The van der Waals surface area contributed by atoms with Gasteiger partial charge in [0.1, 0.15) is 0 Å². The third-order valence-corrected chi connectivity index (χ3v) is 4.47. The monoisotopic (exact) mass is 209 g/mol. The fourth-order valence-electron chi connectivity index (χ4n) is 3.45. The lowest BCUT2D eigenvalue weighted by Crippen LogP contribution is -2.37. The molecule has 0 saturated heterocycles. The number of hydrogen-bond acceptors (Lipinski definition) is 1. The van der Waals surface area contributed by atoms with Crippen LogP contribution in [0, 0.1) is 5.92 Å². The van der Waals surface area contributed by atoms with Crippen LogP contribution in [0.25, 0.3) is 0 Å². The first-order valence-corrected chi connectivity index (χ1v) is 7.06. The Morgan fingerprint density at radius 2 is 1.33 bits per heavy atom. The predicted octanol–water partition coefficient (Wildman–Crippen LogP) is 3.83. The van der Waals surface area contributed by atoms with Crippen molar-refractivity contribution < 1.29 is 0 Å². The summed E-state index contributed by atoms with van der Waals surface area (Å²) < 4.78 is 0. The van der Waals surface area contributed by atoms with Gasteiger partial charge < -0.3 is 4.90 Å². The lowest BCUT2D eigenvalue weighted by molar-refractivity contribution is 0.150. The van der Waals surface area contributed by atoms with Crippen molar-refractivity contribution in [1.82, 2.24) is 4.90 Å². The molecule has 0 unspecified atom stereocenters. The lowest BCUT2D eigenvalue weighted by Gasteiger charge is -2.34. The van der Waals surface area contributed by atoms with Crippen LogP contribution in [0.5, 0.6) is 0 Å². The summed E-state index contributed by atoms with van der Waals surface area (Å²) in [6.07, 6.45) is 14.8. The summed E-state index contributed by atoms with van der Waals surface area (Å²) in [7, 11) is 2.37. The van der Waals surface area contributed by atoms with E-state index in [9.17, 15) is 0 Å². The van der Waals surface area contributed by atoms with Crippen molar-refractivity contribution in [3.8, 4) is 0 Å². The Morgan fingerprint density at radius 1 is 0.800 bits per heavy atom. The minimum absolute atomic E-state index is 0.917. The van der Waals surface area contributed by atoms with Crippen LogP contribution >= 0.6 is 0 Å². The molecule has 0 heterocycles. The maximum absolute atomic E-state index is 2.68. The third-order valence-electron chi connectivity index (χ3n) is 4.47. The average Bonchev–Trinajstić information content (AvgIpc) is 2.31. The minimum atomic E-state index is 0.917. The van der Waals surface area contributed by atoms with Gasteiger partial charge >= 0.3 is 0 Å². The van der Waals surface area contributed by atoms with Crippen LogP contribution in [-0.4, -0.2) is 24.5 Å². The van der Waals surface area contributed by atoms with E-state index in [0.29, 0.717) is 0 Å². The molecule has 2 aliphatic carbocycles. The molecule has 0 spiro atoms. The topological polar surface area (TPSA) is 3.24 Å². The van der Waals surface area contributed by atoms with Crippen LogP contribution in [0.2, 0.25) is 0 Å². The van der Waals surface area contributed by atoms with Gasteiger partial charge in [0.05, 0.1) is 0 Å². The highest BCUT2D eigenvalue weighted by molar-refractivity contribution is 4.76. The Balaban J connectivity index is 1.72. The van der Waals surface area contributed by atoms with Gasteiger partial charge in [-0.05, 0) is 38.6 Å². The average molecular weight is 209 g/mol. The smallest absolute Gasteiger partial charge is 0.00923 e. The van der Waals surface area contributed by atoms with Crippen LogP contribution in [-0.2, 0) is 0 Å². The number of hydrogen-bond donors (Lipinski definition) is 0. The zero-order valence-electron chi connectivity index (χ0n) is 10.4. The highest BCUT2D eigenvalue weighted by Gasteiger charge is 2.21. The maximum atomic E-state index is 2.68. The highest BCUT2D eigenvalue weighted by Crippen LogP contribution is 2.27. The van der Waals surface area contributed by atoms with Crippen LogP contribution in [0.3, 0.4) is 0 Å².